The van der Waals surface area contributed by atoms with Gasteiger partial charge in [0.25, 0.3) is 0 Å². The topological polar surface area (TPSA) is 21.3 Å². The van der Waals surface area contributed by atoms with E-state index < -0.39 is 0 Å². The third kappa shape index (κ3) is 9.52. The summed E-state index contributed by atoms with van der Waals surface area (Å²) in [5.74, 6) is 0.979. The maximum Gasteiger partial charge on any atom is 0.119 e. The van der Waals surface area contributed by atoms with Crippen molar-refractivity contribution in [2.24, 2.45) is 0 Å². The van der Waals surface area contributed by atoms with Crippen LogP contribution in [0.5, 0.6) is 5.75 Å². The van der Waals surface area contributed by atoms with Gasteiger partial charge in [0.15, 0.2) is 0 Å². The molecule has 0 spiro atoms. The molecule has 0 saturated heterocycles. The Morgan fingerprint density at radius 3 is 2.14 bits per heavy atom. The van der Waals surface area contributed by atoms with Crippen molar-refractivity contribution in [3.63, 3.8) is 0 Å². The van der Waals surface area contributed by atoms with Crippen molar-refractivity contribution in [3.05, 3.63) is 29.8 Å². The fraction of sp³-hybridized carbons (Fsp3) is 0.684. The van der Waals surface area contributed by atoms with E-state index in [4.69, 9.17) is 4.74 Å². The van der Waals surface area contributed by atoms with Crippen molar-refractivity contribution < 1.29 is 4.74 Å². The van der Waals surface area contributed by atoms with Crippen molar-refractivity contribution in [2.45, 2.75) is 71.8 Å². The monoisotopic (exact) mass is 291 g/mol. The van der Waals surface area contributed by atoms with Crippen LogP contribution in [0.15, 0.2) is 24.3 Å². The van der Waals surface area contributed by atoms with Gasteiger partial charge in [0.05, 0.1) is 6.61 Å². The number of hydrogen-bond donors (Lipinski definition) is 1. The molecular formula is C19H33NO. The normalized spacial score (nSPS) is 10.8. The van der Waals surface area contributed by atoms with E-state index in [1.165, 1.54) is 50.5 Å². The molecule has 2 heteroatoms. The van der Waals surface area contributed by atoms with E-state index in [2.05, 4.69) is 43.4 Å². The average molecular weight is 291 g/mol. The lowest BCUT2D eigenvalue weighted by Crippen LogP contribution is -2.14. The first-order valence-electron chi connectivity index (χ1n) is 8.79. The second-order valence-corrected chi connectivity index (χ2v) is 5.79. The molecule has 1 rings (SSSR count). The Balaban J connectivity index is 1.99. The van der Waals surface area contributed by atoms with Gasteiger partial charge in [0, 0.05) is 6.54 Å². The number of unbranched alkanes of at least 4 members (excludes halogenated alkanes) is 6. The summed E-state index contributed by atoms with van der Waals surface area (Å²) in [5, 5.41) is 3.53. The highest BCUT2D eigenvalue weighted by atomic mass is 16.5. The molecule has 0 saturated carbocycles. The van der Waals surface area contributed by atoms with Gasteiger partial charge in [0.1, 0.15) is 5.75 Å². The minimum Gasteiger partial charge on any atom is -0.494 e. The van der Waals surface area contributed by atoms with Crippen molar-refractivity contribution >= 4 is 0 Å². The first kappa shape index (κ1) is 18.0. The maximum absolute atomic E-state index is 5.59. The molecule has 0 bridgehead atoms. The van der Waals surface area contributed by atoms with Crippen LogP contribution in [0.25, 0.3) is 0 Å². The molecule has 0 aliphatic heterocycles. The molecule has 0 aliphatic carbocycles. The van der Waals surface area contributed by atoms with Crippen molar-refractivity contribution in [1.29, 1.82) is 0 Å². The van der Waals surface area contributed by atoms with Gasteiger partial charge in [-0.05, 0) is 37.1 Å². The summed E-state index contributed by atoms with van der Waals surface area (Å²) < 4.78 is 5.59. The Hall–Kier alpha value is -1.02. The van der Waals surface area contributed by atoms with Crippen LogP contribution in [0.1, 0.15) is 70.8 Å². The molecule has 0 unspecified atom stereocenters. The van der Waals surface area contributed by atoms with E-state index in [-0.39, 0.29) is 0 Å². The molecule has 1 aromatic rings. The highest BCUT2D eigenvalue weighted by Gasteiger charge is 1.96. The lowest BCUT2D eigenvalue weighted by molar-refractivity contribution is 0.317. The van der Waals surface area contributed by atoms with E-state index in [9.17, 15) is 0 Å². The van der Waals surface area contributed by atoms with Crippen LogP contribution in [0, 0.1) is 0 Å². The Kier molecular flexibility index (Phi) is 10.9. The summed E-state index contributed by atoms with van der Waals surface area (Å²) in [4.78, 5) is 0. The first-order chi connectivity index (χ1) is 10.4. The molecular weight excluding hydrogens is 258 g/mol. The zero-order chi connectivity index (χ0) is 15.2. The Morgan fingerprint density at radius 2 is 1.48 bits per heavy atom. The zero-order valence-electron chi connectivity index (χ0n) is 14.0. The third-order valence-corrected chi connectivity index (χ3v) is 3.68. The van der Waals surface area contributed by atoms with Gasteiger partial charge in [0.2, 0.25) is 0 Å². The standard InChI is InChI=1S/C19H33NO/c1-3-5-6-7-8-9-10-15-20-17-18-11-13-19(14-12-18)21-16-4-2/h11-14,20H,3-10,15-17H2,1-2H3. The Bertz CT molecular complexity index is 334. The van der Waals surface area contributed by atoms with E-state index in [0.29, 0.717) is 0 Å². The van der Waals surface area contributed by atoms with Crippen LogP contribution in [0.4, 0.5) is 0 Å². The molecule has 2 nitrogen and oxygen atoms in total. The highest BCUT2D eigenvalue weighted by Crippen LogP contribution is 2.12. The van der Waals surface area contributed by atoms with Gasteiger partial charge >= 0.3 is 0 Å². The van der Waals surface area contributed by atoms with E-state index in [1.54, 1.807) is 0 Å². The predicted molar refractivity (Wildman–Crippen MR) is 91.9 cm³/mol. The zero-order valence-corrected chi connectivity index (χ0v) is 14.0. The molecule has 1 aromatic carbocycles. The van der Waals surface area contributed by atoms with Gasteiger partial charge in [-0.25, -0.2) is 0 Å². The summed E-state index contributed by atoms with van der Waals surface area (Å²) in [7, 11) is 0. The quantitative estimate of drug-likeness (QED) is 0.497. The van der Waals surface area contributed by atoms with Crippen molar-refractivity contribution in [2.75, 3.05) is 13.2 Å². The number of hydrogen-bond acceptors (Lipinski definition) is 2. The Morgan fingerprint density at radius 1 is 0.810 bits per heavy atom. The molecule has 0 fully saturated rings. The van der Waals surface area contributed by atoms with Crippen LogP contribution >= 0.6 is 0 Å². The minimum absolute atomic E-state index is 0.801. The second kappa shape index (κ2) is 12.7. The SMILES string of the molecule is CCCCCCCCCNCc1ccc(OCCC)cc1. The number of rotatable bonds is 13. The molecule has 0 heterocycles. The van der Waals surface area contributed by atoms with Crippen LogP contribution in [0.2, 0.25) is 0 Å². The van der Waals surface area contributed by atoms with E-state index >= 15 is 0 Å². The molecule has 0 radical (unpaired) electrons. The van der Waals surface area contributed by atoms with E-state index in [1.807, 2.05) is 0 Å². The lowest BCUT2D eigenvalue weighted by Gasteiger charge is -2.07. The lowest BCUT2D eigenvalue weighted by atomic mass is 10.1. The largest absolute Gasteiger partial charge is 0.494 e. The van der Waals surface area contributed by atoms with Crippen LogP contribution < -0.4 is 10.1 Å². The van der Waals surface area contributed by atoms with Gasteiger partial charge in [-0.1, -0.05) is 64.5 Å². The molecule has 21 heavy (non-hydrogen) atoms. The summed E-state index contributed by atoms with van der Waals surface area (Å²) >= 11 is 0. The van der Waals surface area contributed by atoms with Crippen LogP contribution in [-0.4, -0.2) is 13.2 Å². The summed E-state index contributed by atoms with van der Waals surface area (Å²) in [5.41, 5.74) is 1.33. The summed E-state index contributed by atoms with van der Waals surface area (Å²) in [6, 6.07) is 8.45. The minimum atomic E-state index is 0.801. The fourth-order valence-electron chi connectivity index (χ4n) is 2.36. The number of ether oxygens (including phenoxy) is 1. The summed E-state index contributed by atoms with van der Waals surface area (Å²) in [6.07, 6.45) is 10.7. The van der Waals surface area contributed by atoms with Gasteiger partial charge < -0.3 is 10.1 Å². The smallest absolute Gasteiger partial charge is 0.119 e. The Labute approximate surface area is 131 Å². The third-order valence-electron chi connectivity index (χ3n) is 3.68. The fourth-order valence-corrected chi connectivity index (χ4v) is 2.36. The molecule has 1 N–H and O–H groups in total. The first-order valence-corrected chi connectivity index (χ1v) is 8.79. The van der Waals surface area contributed by atoms with Crippen LogP contribution in [0.3, 0.4) is 0 Å². The average Bonchev–Trinajstić information content (AvgIpc) is 2.52. The maximum atomic E-state index is 5.59. The molecule has 0 amide bonds. The molecule has 120 valence electrons. The summed E-state index contributed by atoms with van der Waals surface area (Å²) in [6.45, 7) is 7.29. The van der Waals surface area contributed by atoms with Gasteiger partial charge in [-0.3, -0.25) is 0 Å². The highest BCUT2D eigenvalue weighted by molar-refractivity contribution is 5.27. The molecule has 0 aromatic heterocycles. The van der Waals surface area contributed by atoms with Crippen molar-refractivity contribution in [3.8, 4) is 5.75 Å². The number of benzene rings is 1. The van der Waals surface area contributed by atoms with Crippen molar-refractivity contribution in [1.82, 2.24) is 5.32 Å². The predicted octanol–water partition coefficient (Wildman–Crippen LogP) is 5.32. The van der Waals surface area contributed by atoms with E-state index in [0.717, 1.165) is 31.9 Å². The number of nitrogens with one attached hydrogen (secondary N) is 1. The van der Waals surface area contributed by atoms with Gasteiger partial charge in [-0.15, -0.1) is 0 Å². The van der Waals surface area contributed by atoms with Crippen LogP contribution in [-0.2, 0) is 6.54 Å². The van der Waals surface area contributed by atoms with Gasteiger partial charge in [-0.2, -0.15) is 0 Å². The molecule has 0 atom stereocenters. The molecule has 0 aliphatic rings. The second-order valence-electron chi connectivity index (χ2n) is 5.79.